The molecule has 8 rings (SSSR count). The van der Waals surface area contributed by atoms with Gasteiger partial charge >= 0.3 is 6.09 Å². The summed E-state index contributed by atoms with van der Waals surface area (Å²) >= 11 is 0. The second-order valence-electron chi connectivity index (χ2n) is 15.4. The number of H-pyrrole nitrogens is 2. The number of fused-ring (bicyclic) bond motifs is 6. The zero-order chi connectivity index (χ0) is 41.0. The number of carbonyl (C=O) groups is 3. The third kappa shape index (κ3) is 8.48. The Kier molecular flexibility index (Phi) is 11.3. The number of nitrogens with one attached hydrogen (secondary N) is 4. The monoisotopic (exact) mass is 790 g/mol. The summed E-state index contributed by atoms with van der Waals surface area (Å²) in [6, 6.07) is 30.5. The van der Waals surface area contributed by atoms with Crippen molar-refractivity contribution in [3.05, 3.63) is 120 Å². The Morgan fingerprint density at radius 2 is 1.34 bits per heavy atom. The number of alkyl carbamates (subject to hydrolysis) is 1. The van der Waals surface area contributed by atoms with E-state index in [0.717, 1.165) is 97.5 Å². The Morgan fingerprint density at radius 3 is 1.88 bits per heavy atom. The van der Waals surface area contributed by atoms with Crippen molar-refractivity contribution in [3.8, 4) is 11.1 Å². The molecule has 12 nitrogen and oxygen atoms in total. The van der Waals surface area contributed by atoms with Crippen molar-refractivity contribution in [1.82, 2.24) is 40.4 Å². The fraction of sp³-hybridized carbons (Fsp3) is 0.298. The standard InChI is InChI=1S/C47H50N8O4/c1-5-22-54(42(56)26-48-47(58)59-4)27-40-50-38-20-16-34-24-32(14-18-36(34)44(38)52-40)33-15-19-37-35(25-33)17-21-39-45(37)53-41(51-39)28-55(23-6-2)46(57)43(31-10-8-7-9-11-31)49-29(3)30-12-13-30/h7-11,14-21,24-25,30,43,49H,3,5-6,12-13,22-23,26-28H2,1-2,4H3,(H,48,58)(H,50,52)(H,51,53)/t43-/m1/s1. The molecule has 0 bridgehead atoms. The van der Waals surface area contributed by atoms with Gasteiger partial charge in [0.25, 0.3) is 0 Å². The van der Waals surface area contributed by atoms with Gasteiger partial charge in [0.15, 0.2) is 0 Å². The van der Waals surface area contributed by atoms with Gasteiger partial charge in [-0.3, -0.25) is 9.59 Å². The van der Waals surface area contributed by atoms with Gasteiger partial charge in [-0.15, -0.1) is 0 Å². The van der Waals surface area contributed by atoms with Gasteiger partial charge in [0, 0.05) is 29.6 Å². The van der Waals surface area contributed by atoms with Crippen molar-refractivity contribution >= 4 is 61.5 Å². The zero-order valence-electron chi connectivity index (χ0n) is 33.8. The lowest BCUT2D eigenvalue weighted by Crippen LogP contribution is -2.41. The van der Waals surface area contributed by atoms with E-state index < -0.39 is 12.1 Å². The summed E-state index contributed by atoms with van der Waals surface area (Å²) in [7, 11) is 1.27. The topological polar surface area (TPSA) is 148 Å². The lowest BCUT2D eigenvalue weighted by atomic mass is 9.98. The summed E-state index contributed by atoms with van der Waals surface area (Å²) in [5.74, 6) is 1.65. The molecule has 0 saturated heterocycles. The Balaban J connectivity index is 1.02. The molecule has 1 aliphatic carbocycles. The normalized spacial score (nSPS) is 13.1. The molecule has 4 N–H and O–H groups in total. The number of hydrogen-bond donors (Lipinski definition) is 4. The van der Waals surface area contributed by atoms with Crippen LogP contribution in [-0.2, 0) is 27.4 Å². The first-order valence-electron chi connectivity index (χ1n) is 20.4. The molecule has 59 heavy (non-hydrogen) atoms. The molecule has 12 heteroatoms. The summed E-state index contributed by atoms with van der Waals surface area (Å²) in [4.78, 5) is 59.0. The minimum absolute atomic E-state index is 0.0100. The minimum atomic E-state index is -0.644. The van der Waals surface area contributed by atoms with E-state index in [1.807, 2.05) is 54.3 Å². The van der Waals surface area contributed by atoms with Gasteiger partial charge in [0.05, 0.1) is 42.3 Å². The van der Waals surface area contributed by atoms with Gasteiger partial charge in [0.2, 0.25) is 11.8 Å². The molecular formula is C47H50N8O4. The highest BCUT2D eigenvalue weighted by atomic mass is 16.5. The van der Waals surface area contributed by atoms with Gasteiger partial charge in [-0.1, -0.05) is 87.2 Å². The second-order valence-corrected chi connectivity index (χ2v) is 15.4. The number of benzene rings is 5. The summed E-state index contributed by atoms with van der Waals surface area (Å²) in [6.45, 7) is 10.0. The van der Waals surface area contributed by atoms with Crippen molar-refractivity contribution in [1.29, 1.82) is 0 Å². The molecule has 5 aromatic carbocycles. The lowest BCUT2D eigenvalue weighted by Gasteiger charge is -2.28. The van der Waals surface area contributed by atoms with Gasteiger partial charge in [-0.05, 0) is 83.3 Å². The highest BCUT2D eigenvalue weighted by Crippen LogP contribution is 2.36. The molecule has 7 aromatic rings. The van der Waals surface area contributed by atoms with Crippen LogP contribution in [0.3, 0.4) is 0 Å². The van der Waals surface area contributed by atoms with E-state index in [9.17, 15) is 14.4 Å². The molecule has 302 valence electrons. The average molecular weight is 791 g/mol. The van der Waals surface area contributed by atoms with Crippen molar-refractivity contribution in [2.24, 2.45) is 5.92 Å². The van der Waals surface area contributed by atoms with Crippen molar-refractivity contribution in [2.45, 2.75) is 58.7 Å². The van der Waals surface area contributed by atoms with E-state index in [0.29, 0.717) is 37.9 Å². The number of aromatic amines is 2. The molecule has 3 amide bonds. The number of allylic oxidation sites excluding steroid dienone is 1. The minimum Gasteiger partial charge on any atom is -0.453 e. The number of amides is 3. The van der Waals surface area contributed by atoms with E-state index >= 15 is 0 Å². The van der Waals surface area contributed by atoms with Crippen LogP contribution in [0.25, 0.3) is 54.7 Å². The fourth-order valence-corrected chi connectivity index (χ4v) is 7.87. The van der Waals surface area contributed by atoms with E-state index in [2.05, 4.69) is 87.4 Å². The Hall–Kier alpha value is -6.69. The maximum atomic E-state index is 14.2. The molecule has 1 atom stereocenters. The van der Waals surface area contributed by atoms with Crippen LogP contribution < -0.4 is 10.6 Å². The highest BCUT2D eigenvalue weighted by molar-refractivity contribution is 6.07. The zero-order valence-corrected chi connectivity index (χ0v) is 33.8. The molecule has 0 unspecified atom stereocenters. The van der Waals surface area contributed by atoms with Crippen LogP contribution in [0.15, 0.2) is 103 Å². The van der Waals surface area contributed by atoms with Crippen LogP contribution in [0.1, 0.15) is 62.8 Å². The van der Waals surface area contributed by atoms with E-state index in [4.69, 9.17) is 9.97 Å². The lowest BCUT2D eigenvalue weighted by molar-refractivity contribution is -0.134. The van der Waals surface area contributed by atoms with Crippen molar-refractivity contribution < 1.29 is 19.1 Å². The molecule has 0 aliphatic heterocycles. The molecular weight excluding hydrogens is 741 g/mol. The van der Waals surface area contributed by atoms with E-state index in [1.54, 1.807) is 4.90 Å². The average Bonchev–Trinajstić information content (AvgIpc) is 3.90. The van der Waals surface area contributed by atoms with Crippen LogP contribution in [-0.4, -0.2) is 74.4 Å². The maximum Gasteiger partial charge on any atom is 0.407 e. The number of rotatable bonds is 16. The van der Waals surface area contributed by atoms with Crippen LogP contribution in [0, 0.1) is 5.92 Å². The summed E-state index contributed by atoms with van der Waals surface area (Å²) in [5, 5.41) is 10.2. The van der Waals surface area contributed by atoms with E-state index in [-0.39, 0.29) is 18.4 Å². The first-order valence-corrected chi connectivity index (χ1v) is 20.4. The molecule has 0 spiro atoms. The summed E-state index contributed by atoms with van der Waals surface area (Å²) in [6.07, 6.45) is 3.17. The SMILES string of the molecule is C=C(N[C@@H](C(=O)N(CCC)Cc1nc2ccc3cc(-c4ccc5c(ccc6nc(CN(CCC)C(=O)CNC(=O)OC)[nH]c65)c4)ccc3c2[nH]1)c1ccccc1)C1CC1. The number of nitrogens with zero attached hydrogens (tertiary/aromatic N) is 4. The maximum absolute atomic E-state index is 14.2. The highest BCUT2D eigenvalue weighted by Gasteiger charge is 2.31. The predicted molar refractivity (Wildman–Crippen MR) is 232 cm³/mol. The van der Waals surface area contributed by atoms with Crippen LogP contribution in [0.2, 0.25) is 0 Å². The largest absolute Gasteiger partial charge is 0.453 e. The number of methoxy groups -OCH3 is 1. The van der Waals surface area contributed by atoms with Crippen LogP contribution in [0.5, 0.6) is 0 Å². The second kappa shape index (κ2) is 17.0. The molecule has 1 fully saturated rings. The number of hydrogen-bond acceptors (Lipinski definition) is 7. The predicted octanol–water partition coefficient (Wildman–Crippen LogP) is 8.50. The molecule has 1 aliphatic rings. The number of imidazole rings is 2. The first kappa shape index (κ1) is 39.2. The van der Waals surface area contributed by atoms with Gasteiger partial charge in [-0.2, -0.15) is 0 Å². The smallest absolute Gasteiger partial charge is 0.407 e. The quantitative estimate of drug-likeness (QED) is 0.0768. The fourth-order valence-electron chi connectivity index (χ4n) is 7.87. The van der Waals surface area contributed by atoms with Gasteiger partial charge in [-0.25, -0.2) is 14.8 Å². The van der Waals surface area contributed by atoms with Crippen LogP contribution >= 0.6 is 0 Å². The van der Waals surface area contributed by atoms with E-state index in [1.165, 1.54) is 7.11 Å². The number of ether oxygens (including phenoxy) is 1. The van der Waals surface area contributed by atoms with Gasteiger partial charge in [0.1, 0.15) is 24.2 Å². The molecule has 0 radical (unpaired) electrons. The van der Waals surface area contributed by atoms with Crippen molar-refractivity contribution in [2.75, 3.05) is 26.7 Å². The third-order valence-electron chi connectivity index (χ3n) is 11.1. The Morgan fingerprint density at radius 1 is 0.780 bits per heavy atom. The third-order valence-corrected chi connectivity index (χ3v) is 11.1. The van der Waals surface area contributed by atoms with Gasteiger partial charge < -0.3 is 35.1 Å². The summed E-state index contributed by atoms with van der Waals surface area (Å²) < 4.78 is 4.61. The number of aromatic nitrogens is 4. The molecule has 2 aromatic heterocycles. The molecule has 1 saturated carbocycles. The molecule has 2 heterocycles. The summed E-state index contributed by atoms with van der Waals surface area (Å²) in [5.41, 5.74) is 7.56. The van der Waals surface area contributed by atoms with Crippen LogP contribution in [0.4, 0.5) is 4.79 Å². The Bertz CT molecular complexity index is 2680. The first-order chi connectivity index (χ1) is 28.7. The number of carbonyl (C=O) groups excluding carboxylic acids is 3. The van der Waals surface area contributed by atoms with Crippen molar-refractivity contribution in [3.63, 3.8) is 0 Å². The Labute approximate surface area is 343 Å².